The van der Waals surface area contributed by atoms with E-state index in [1.165, 1.54) is 4.31 Å². The van der Waals surface area contributed by atoms with E-state index >= 15 is 0 Å². The highest BCUT2D eigenvalue weighted by Gasteiger charge is 2.37. The lowest BCUT2D eigenvalue weighted by Gasteiger charge is -2.35. The van der Waals surface area contributed by atoms with Gasteiger partial charge in [-0.1, -0.05) is 6.07 Å². The molecule has 1 aromatic carbocycles. The van der Waals surface area contributed by atoms with Crippen LogP contribution in [0.1, 0.15) is 6.42 Å². The number of carbonyl (C=O) groups excluding carboxylic acids is 1. The standard InChI is InChI=1S/C14H16N4O4S2/c19-14-11(4-9-22-14)17-5-7-18(8-6-17)24(20,21)12-3-1-2-10-13(12)16-23-15-10/h1-3,11H,4-9H2/t11-/m1/s1. The third-order valence-electron chi connectivity index (χ3n) is 4.49. The smallest absolute Gasteiger partial charge is 0.323 e. The third-order valence-corrected chi connectivity index (χ3v) is 6.96. The van der Waals surface area contributed by atoms with Crippen LogP contribution in [0.5, 0.6) is 0 Å². The van der Waals surface area contributed by atoms with Crippen LogP contribution < -0.4 is 0 Å². The molecule has 24 heavy (non-hydrogen) atoms. The normalized spacial score (nSPS) is 23.7. The molecule has 2 aromatic rings. The predicted molar refractivity (Wildman–Crippen MR) is 87.1 cm³/mol. The monoisotopic (exact) mass is 368 g/mol. The number of aromatic nitrogens is 2. The molecule has 0 N–H and O–H groups in total. The fraction of sp³-hybridized carbons (Fsp3) is 0.500. The first kappa shape index (κ1) is 15.9. The minimum absolute atomic E-state index is 0.197. The van der Waals surface area contributed by atoms with Gasteiger partial charge < -0.3 is 4.74 Å². The summed E-state index contributed by atoms with van der Waals surface area (Å²) in [5, 5.41) is 0. The molecule has 0 radical (unpaired) electrons. The zero-order chi connectivity index (χ0) is 16.7. The van der Waals surface area contributed by atoms with Gasteiger partial charge >= 0.3 is 5.97 Å². The van der Waals surface area contributed by atoms with E-state index in [4.69, 9.17) is 4.74 Å². The molecule has 10 heteroatoms. The van der Waals surface area contributed by atoms with Crippen LogP contribution >= 0.6 is 11.7 Å². The van der Waals surface area contributed by atoms with E-state index in [9.17, 15) is 13.2 Å². The van der Waals surface area contributed by atoms with Gasteiger partial charge in [0.2, 0.25) is 10.0 Å². The largest absolute Gasteiger partial charge is 0.464 e. The number of benzene rings is 1. The van der Waals surface area contributed by atoms with E-state index in [0.29, 0.717) is 50.2 Å². The van der Waals surface area contributed by atoms with Crippen LogP contribution in [0.15, 0.2) is 23.1 Å². The molecule has 0 spiro atoms. The molecule has 3 heterocycles. The summed E-state index contributed by atoms with van der Waals surface area (Å²) in [7, 11) is -3.62. The van der Waals surface area contributed by atoms with E-state index in [2.05, 4.69) is 8.75 Å². The van der Waals surface area contributed by atoms with Crippen molar-refractivity contribution in [3.05, 3.63) is 18.2 Å². The molecule has 0 amide bonds. The molecule has 2 aliphatic heterocycles. The second kappa shape index (κ2) is 6.03. The first-order chi connectivity index (χ1) is 11.6. The van der Waals surface area contributed by atoms with Crippen LogP contribution in [0.4, 0.5) is 0 Å². The molecule has 0 bridgehead atoms. The van der Waals surface area contributed by atoms with Crippen molar-refractivity contribution in [3.63, 3.8) is 0 Å². The summed E-state index contributed by atoms with van der Waals surface area (Å²) in [4.78, 5) is 13.9. The third kappa shape index (κ3) is 2.59. The molecule has 0 saturated carbocycles. The average Bonchev–Trinajstić information content (AvgIpc) is 3.23. The predicted octanol–water partition coefficient (Wildman–Crippen LogP) is 0.313. The van der Waals surface area contributed by atoms with Crippen LogP contribution in [0, 0.1) is 0 Å². The Labute approximate surface area is 143 Å². The van der Waals surface area contributed by atoms with Crippen molar-refractivity contribution in [1.29, 1.82) is 0 Å². The zero-order valence-corrected chi connectivity index (χ0v) is 14.4. The van der Waals surface area contributed by atoms with Crippen molar-refractivity contribution in [2.75, 3.05) is 32.8 Å². The Morgan fingerprint density at radius 3 is 2.67 bits per heavy atom. The molecular weight excluding hydrogens is 352 g/mol. The number of hydrogen-bond acceptors (Lipinski definition) is 8. The number of rotatable bonds is 3. The van der Waals surface area contributed by atoms with Crippen molar-refractivity contribution in [3.8, 4) is 0 Å². The topological polar surface area (TPSA) is 92.7 Å². The van der Waals surface area contributed by atoms with Gasteiger partial charge in [-0.05, 0) is 12.1 Å². The molecule has 4 rings (SSSR count). The summed E-state index contributed by atoms with van der Waals surface area (Å²) in [6.07, 6.45) is 0.676. The highest BCUT2D eigenvalue weighted by molar-refractivity contribution is 7.89. The van der Waals surface area contributed by atoms with Gasteiger partial charge in [-0.3, -0.25) is 9.69 Å². The number of piperazine rings is 1. The summed E-state index contributed by atoms with van der Waals surface area (Å²) >= 11 is 1.00. The second-order valence-corrected chi connectivity index (χ2v) is 8.23. The maximum absolute atomic E-state index is 12.9. The van der Waals surface area contributed by atoms with Gasteiger partial charge in [0, 0.05) is 32.6 Å². The van der Waals surface area contributed by atoms with Gasteiger partial charge in [-0.25, -0.2) is 8.42 Å². The molecular formula is C14H16N4O4S2. The minimum atomic E-state index is -3.62. The Morgan fingerprint density at radius 2 is 1.96 bits per heavy atom. The van der Waals surface area contributed by atoms with Crippen LogP contribution in [-0.4, -0.2) is 71.2 Å². The number of nitrogens with zero attached hydrogens (tertiary/aromatic N) is 4. The Balaban J connectivity index is 1.54. The summed E-state index contributed by atoms with van der Waals surface area (Å²) in [6, 6.07) is 4.77. The van der Waals surface area contributed by atoms with Crippen molar-refractivity contribution in [1.82, 2.24) is 18.0 Å². The molecule has 2 saturated heterocycles. The average molecular weight is 368 g/mol. The van der Waals surface area contributed by atoms with Crippen molar-refractivity contribution in [2.24, 2.45) is 0 Å². The molecule has 2 fully saturated rings. The summed E-state index contributed by atoms with van der Waals surface area (Å²) < 4.78 is 40.6. The Hall–Kier alpha value is -1.62. The zero-order valence-electron chi connectivity index (χ0n) is 12.8. The highest BCUT2D eigenvalue weighted by Crippen LogP contribution is 2.26. The quantitative estimate of drug-likeness (QED) is 0.720. The maximum atomic E-state index is 12.9. The Kier molecular flexibility index (Phi) is 3.99. The van der Waals surface area contributed by atoms with Crippen LogP contribution in [0.2, 0.25) is 0 Å². The van der Waals surface area contributed by atoms with E-state index in [1.807, 2.05) is 4.90 Å². The van der Waals surface area contributed by atoms with Crippen LogP contribution in [0.25, 0.3) is 11.0 Å². The minimum Gasteiger partial charge on any atom is -0.464 e. The van der Waals surface area contributed by atoms with Gasteiger partial charge in [0.25, 0.3) is 0 Å². The van der Waals surface area contributed by atoms with Crippen molar-refractivity contribution < 1.29 is 17.9 Å². The summed E-state index contributed by atoms with van der Waals surface area (Å²) in [5.74, 6) is -0.204. The number of fused-ring (bicyclic) bond motifs is 1. The molecule has 8 nitrogen and oxygen atoms in total. The number of sulfonamides is 1. The first-order valence-electron chi connectivity index (χ1n) is 7.69. The maximum Gasteiger partial charge on any atom is 0.323 e. The number of cyclic esters (lactones) is 1. The number of carbonyl (C=O) groups is 1. The van der Waals surface area contributed by atoms with E-state index in [1.54, 1.807) is 18.2 Å². The Bertz CT molecular complexity index is 874. The molecule has 0 aliphatic carbocycles. The van der Waals surface area contributed by atoms with Gasteiger partial charge in [0.05, 0.1) is 18.3 Å². The Morgan fingerprint density at radius 1 is 1.17 bits per heavy atom. The SMILES string of the molecule is O=C1OCC[C@H]1N1CCN(S(=O)(=O)c2cccc3nsnc23)CC1. The van der Waals surface area contributed by atoms with Crippen molar-refractivity contribution >= 4 is 38.8 Å². The van der Waals surface area contributed by atoms with Gasteiger partial charge in [-0.15, -0.1) is 0 Å². The van der Waals surface area contributed by atoms with Crippen molar-refractivity contribution in [2.45, 2.75) is 17.4 Å². The van der Waals surface area contributed by atoms with Crippen LogP contribution in [0.3, 0.4) is 0 Å². The van der Waals surface area contributed by atoms with Gasteiger partial charge in [0.15, 0.2) is 0 Å². The molecule has 128 valence electrons. The fourth-order valence-electron chi connectivity index (χ4n) is 3.20. The summed E-state index contributed by atoms with van der Waals surface area (Å²) in [5.41, 5.74) is 1.01. The molecule has 1 aromatic heterocycles. The number of esters is 1. The number of hydrogen-bond donors (Lipinski definition) is 0. The van der Waals surface area contributed by atoms with E-state index < -0.39 is 10.0 Å². The van der Waals surface area contributed by atoms with Gasteiger partial charge in [0.1, 0.15) is 22.0 Å². The lowest BCUT2D eigenvalue weighted by atomic mass is 10.2. The summed E-state index contributed by atoms with van der Waals surface area (Å²) in [6.45, 7) is 2.18. The van der Waals surface area contributed by atoms with Crippen LogP contribution in [-0.2, 0) is 19.6 Å². The van der Waals surface area contributed by atoms with E-state index in [-0.39, 0.29) is 16.9 Å². The highest BCUT2D eigenvalue weighted by atomic mass is 32.2. The second-order valence-electron chi connectivity index (χ2n) is 5.80. The number of ether oxygens (including phenoxy) is 1. The van der Waals surface area contributed by atoms with E-state index in [0.717, 1.165) is 11.7 Å². The first-order valence-corrected chi connectivity index (χ1v) is 9.86. The molecule has 1 atom stereocenters. The lowest BCUT2D eigenvalue weighted by Crippen LogP contribution is -2.52. The molecule has 0 unspecified atom stereocenters. The van der Waals surface area contributed by atoms with Gasteiger partial charge in [-0.2, -0.15) is 13.1 Å². The molecule has 2 aliphatic rings. The lowest BCUT2D eigenvalue weighted by molar-refractivity contribution is -0.142. The fourth-order valence-corrected chi connectivity index (χ4v) is 5.38.